The molecule has 2 aromatic carbocycles. The molecule has 0 unspecified atom stereocenters. The maximum absolute atomic E-state index is 13.4. The average molecular weight is 435 g/mol. The fourth-order valence-corrected chi connectivity index (χ4v) is 4.46. The lowest BCUT2D eigenvalue weighted by Gasteiger charge is -2.34. The Bertz CT molecular complexity index is 994. The molecule has 0 spiro atoms. The molecule has 2 aromatic rings. The van der Waals surface area contributed by atoms with Crippen LogP contribution in [0.4, 0.5) is 8.78 Å². The monoisotopic (exact) mass is 434 g/mol. The van der Waals surface area contributed by atoms with E-state index in [1.807, 2.05) is 0 Å². The molecule has 27 heavy (non-hydrogen) atoms. The van der Waals surface area contributed by atoms with Gasteiger partial charge >= 0.3 is 0 Å². The third kappa shape index (κ3) is 4.08. The Labute approximate surface area is 165 Å². The van der Waals surface area contributed by atoms with E-state index in [9.17, 15) is 22.0 Å². The topological polar surface area (TPSA) is 57.7 Å². The molecule has 144 valence electrons. The van der Waals surface area contributed by atoms with Crippen LogP contribution < -0.4 is 0 Å². The fourth-order valence-electron chi connectivity index (χ4n) is 2.73. The summed E-state index contributed by atoms with van der Waals surface area (Å²) in [5, 5.41) is 0.581. The van der Waals surface area contributed by atoms with E-state index in [0.717, 1.165) is 16.4 Å². The molecular formula is C17H14Cl2F2N2O3S. The van der Waals surface area contributed by atoms with Gasteiger partial charge < -0.3 is 4.90 Å². The number of nitrogens with zero attached hydrogens (tertiary/aromatic N) is 2. The van der Waals surface area contributed by atoms with E-state index in [2.05, 4.69) is 0 Å². The molecule has 0 bridgehead atoms. The van der Waals surface area contributed by atoms with E-state index in [4.69, 9.17) is 23.2 Å². The summed E-state index contributed by atoms with van der Waals surface area (Å²) >= 11 is 11.8. The van der Waals surface area contributed by atoms with E-state index in [0.29, 0.717) is 16.7 Å². The van der Waals surface area contributed by atoms with Gasteiger partial charge in [0.2, 0.25) is 10.0 Å². The number of halogens is 4. The normalized spacial score (nSPS) is 15.8. The fraction of sp³-hybridized carbons (Fsp3) is 0.235. The van der Waals surface area contributed by atoms with Gasteiger partial charge in [-0.1, -0.05) is 23.2 Å². The largest absolute Gasteiger partial charge is 0.336 e. The molecule has 0 aromatic heterocycles. The summed E-state index contributed by atoms with van der Waals surface area (Å²) in [6.07, 6.45) is 0. The molecule has 0 radical (unpaired) electrons. The summed E-state index contributed by atoms with van der Waals surface area (Å²) in [4.78, 5) is 13.7. The highest BCUT2D eigenvalue weighted by Gasteiger charge is 2.31. The Kier molecular flexibility index (Phi) is 5.71. The van der Waals surface area contributed by atoms with Gasteiger partial charge in [0, 0.05) is 31.7 Å². The summed E-state index contributed by atoms with van der Waals surface area (Å²) in [5.74, 6) is -2.64. The second-order valence-corrected chi connectivity index (χ2v) is 8.65. The first kappa shape index (κ1) is 20.0. The molecule has 1 heterocycles. The van der Waals surface area contributed by atoms with Gasteiger partial charge in [-0.05, 0) is 36.4 Å². The van der Waals surface area contributed by atoms with Crippen molar-refractivity contribution in [1.82, 2.24) is 9.21 Å². The minimum absolute atomic E-state index is 0.0361. The highest BCUT2D eigenvalue weighted by Crippen LogP contribution is 2.24. The van der Waals surface area contributed by atoms with Crippen LogP contribution in [0.3, 0.4) is 0 Å². The number of carbonyl (C=O) groups excluding carboxylic acids is 1. The van der Waals surface area contributed by atoms with Crippen LogP contribution in [0.25, 0.3) is 0 Å². The molecule has 1 aliphatic heterocycles. The Morgan fingerprint density at radius 2 is 1.56 bits per heavy atom. The molecule has 0 atom stereocenters. The molecule has 1 amide bonds. The van der Waals surface area contributed by atoms with Gasteiger partial charge in [0.15, 0.2) is 11.6 Å². The molecule has 0 aliphatic carbocycles. The minimum Gasteiger partial charge on any atom is -0.336 e. The Morgan fingerprint density at radius 3 is 2.15 bits per heavy atom. The molecule has 3 rings (SSSR count). The van der Waals surface area contributed by atoms with Crippen molar-refractivity contribution < 1.29 is 22.0 Å². The summed E-state index contributed by atoms with van der Waals surface area (Å²) < 4.78 is 52.7. The summed E-state index contributed by atoms with van der Waals surface area (Å²) in [5.41, 5.74) is 0.348. The summed E-state index contributed by atoms with van der Waals surface area (Å²) in [7, 11) is -3.98. The SMILES string of the molecule is O=C(c1ccc(Cl)c(Cl)c1)N1CCN(S(=O)(=O)c2ccc(F)c(F)c2)CC1. The lowest BCUT2D eigenvalue weighted by Crippen LogP contribution is -2.50. The van der Waals surface area contributed by atoms with Crippen LogP contribution in [0.5, 0.6) is 0 Å². The van der Waals surface area contributed by atoms with Gasteiger partial charge in [0.1, 0.15) is 0 Å². The molecule has 5 nitrogen and oxygen atoms in total. The van der Waals surface area contributed by atoms with Crippen molar-refractivity contribution in [2.24, 2.45) is 0 Å². The van der Waals surface area contributed by atoms with Gasteiger partial charge in [0.05, 0.1) is 14.9 Å². The van der Waals surface area contributed by atoms with Crippen molar-refractivity contribution in [2.45, 2.75) is 4.90 Å². The lowest BCUT2D eigenvalue weighted by molar-refractivity contribution is 0.0698. The van der Waals surface area contributed by atoms with Crippen molar-refractivity contribution in [3.05, 3.63) is 63.6 Å². The van der Waals surface area contributed by atoms with E-state index in [1.54, 1.807) is 6.07 Å². The molecular weight excluding hydrogens is 421 g/mol. The summed E-state index contributed by atoms with van der Waals surface area (Å²) in [6, 6.07) is 6.95. The lowest BCUT2D eigenvalue weighted by atomic mass is 10.2. The van der Waals surface area contributed by atoms with Gasteiger partial charge in [0.25, 0.3) is 5.91 Å². The van der Waals surface area contributed by atoms with Crippen LogP contribution in [0.2, 0.25) is 10.0 Å². The third-order valence-electron chi connectivity index (χ3n) is 4.22. The molecule has 0 N–H and O–H groups in total. The van der Waals surface area contributed by atoms with Crippen LogP contribution in [0, 0.1) is 11.6 Å². The highest BCUT2D eigenvalue weighted by molar-refractivity contribution is 7.89. The van der Waals surface area contributed by atoms with Gasteiger partial charge in [-0.2, -0.15) is 4.31 Å². The number of carbonyl (C=O) groups is 1. The Morgan fingerprint density at radius 1 is 0.889 bits per heavy atom. The van der Waals surface area contributed by atoms with Crippen LogP contribution in [-0.2, 0) is 10.0 Å². The first-order valence-electron chi connectivity index (χ1n) is 7.89. The predicted molar refractivity (Wildman–Crippen MR) is 97.5 cm³/mol. The minimum atomic E-state index is -3.98. The first-order chi connectivity index (χ1) is 12.7. The second kappa shape index (κ2) is 7.71. The number of sulfonamides is 1. The van der Waals surface area contributed by atoms with E-state index >= 15 is 0 Å². The molecule has 0 saturated carbocycles. The third-order valence-corrected chi connectivity index (χ3v) is 6.85. The number of amides is 1. The number of hydrogen-bond donors (Lipinski definition) is 0. The number of rotatable bonds is 3. The molecule has 10 heteroatoms. The van der Waals surface area contributed by atoms with E-state index in [1.165, 1.54) is 17.0 Å². The molecule has 1 aliphatic rings. The zero-order valence-electron chi connectivity index (χ0n) is 13.8. The number of piperazine rings is 1. The Hall–Kier alpha value is -1.74. The smallest absolute Gasteiger partial charge is 0.253 e. The quantitative estimate of drug-likeness (QED) is 0.743. The van der Waals surface area contributed by atoms with Crippen molar-refractivity contribution >= 4 is 39.1 Å². The zero-order valence-corrected chi connectivity index (χ0v) is 16.2. The van der Waals surface area contributed by atoms with Crippen molar-refractivity contribution in [3.8, 4) is 0 Å². The van der Waals surface area contributed by atoms with Gasteiger partial charge in [-0.25, -0.2) is 17.2 Å². The van der Waals surface area contributed by atoms with Crippen LogP contribution in [0.15, 0.2) is 41.3 Å². The van der Waals surface area contributed by atoms with Gasteiger partial charge in [-0.15, -0.1) is 0 Å². The predicted octanol–water partition coefficient (Wildman–Crippen LogP) is 3.42. The number of benzene rings is 2. The number of hydrogen-bond acceptors (Lipinski definition) is 3. The maximum Gasteiger partial charge on any atom is 0.253 e. The standard InChI is InChI=1S/C17H14Cl2F2N2O3S/c18-13-3-1-11(9-14(13)19)17(24)22-5-7-23(8-6-22)27(25,26)12-2-4-15(20)16(21)10-12/h1-4,9-10H,5-8H2. The van der Waals surface area contributed by atoms with E-state index in [-0.39, 0.29) is 42.0 Å². The first-order valence-corrected chi connectivity index (χ1v) is 10.1. The second-order valence-electron chi connectivity index (χ2n) is 5.90. The zero-order chi connectivity index (χ0) is 19.8. The van der Waals surface area contributed by atoms with Crippen LogP contribution in [-0.4, -0.2) is 49.7 Å². The van der Waals surface area contributed by atoms with Gasteiger partial charge in [-0.3, -0.25) is 4.79 Å². The molecule has 1 saturated heterocycles. The molecule has 1 fully saturated rings. The van der Waals surface area contributed by atoms with Crippen molar-refractivity contribution in [3.63, 3.8) is 0 Å². The Balaban J connectivity index is 1.71. The van der Waals surface area contributed by atoms with Crippen molar-refractivity contribution in [2.75, 3.05) is 26.2 Å². The maximum atomic E-state index is 13.4. The van der Waals surface area contributed by atoms with Crippen LogP contribution >= 0.6 is 23.2 Å². The summed E-state index contributed by atoms with van der Waals surface area (Å²) in [6.45, 7) is 0.382. The average Bonchev–Trinajstić information content (AvgIpc) is 2.65. The van der Waals surface area contributed by atoms with E-state index < -0.39 is 21.7 Å². The van der Waals surface area contributed by atoms with Crippen LogP contribution in [0.1, 0.15) is 10.4 Å². The highest BCUT2D eigenvalue weighted by atomic mass is 35.5. The van der Waals surface area contributed by atoms with Crippen molar-refractivity contribution in [1.29, 1.82) is 0 Å².